The van der Waals surface area contributed by atoms with Gasteiger partial charge >= 0.3 is 5.97 Å². The number of benzene rings is 1. The summed E-state index contributed by atoms with van der Waals surface area (Å²) in [6.45, 7) is 3.79. The Morgan fingerprint density at radius 1 is 1.22 bits per heavy atom. The van der Waals surface area contributed by atoms with Crippen molar-refractivity contribution in [2.45, 2.75) is 26.9 Å². The topological polar surface area (TPSA) is 118 Å². The number of carboxylic acids is 1. The molecule has 0 aliphatic heterocycles. The number of aromatic carboxylic acids is 1. The van der Waals surface area contributed by atoms with Crippen LogP contribution in [0.25, 0.3) is 0 Å². The molecule has 0 aliphatic carbocycles. The van der Waals surface area contributed by atoms with Crippen LogP contribution in [0.3, 0.4) is 0 Å². The first-order valence-electron chi connectivity index (χ1n) is 8.19. The van der Waals surface area contributed by atoms with Crippen molar-refractivity contribution in [1.82, 2.24) is 4.98 Å². The zero-order valence-corrected chi connectivity index (χ0v) is 16.1. The van der Waals surface area contributed by atoms with Gasteiger partial charge in [0.2, 0.25) is 11.8 Å². The van der Waals surface area contributed by atoms with Gasteiger partial charge in [0.05, 0.1) is 24.3 Å². The van der Waals surface area contributed by atoms with Crippen LogP contribution in [0.2, 0.25) is 0 Å². The maximum absolute atomic E-state index is 12.3. The van der Waals surface area contributed by atoms with Crippen molar-refractivity contribution in [3.05, 3.63) is 40.4 Å². The molecule has 2 amide bonds. The van der Waals surface area contributed by atoms with E-state index in [2.05, 4.69) is 15.6 Å². The molecule has 8 nitrogen and oxygen atoms in total. The predicted molar refractivity (Wildman–Crippen MR) is 102 cm³/mol. The highest BCUT2D eigenvalue weighted by atomic mass is 32.1. The number of thiazole rings is 1. The summed E-state index contributed by atoms with van der Waals surface area (Å²) in [5.74, 6) is -1.73. The second-order valence-corrected chi connectivity index (χ2v) is 7.03. The van der Waals surface area contributed by atoms with Gasteiger partial charge in [-0.3, -0.25) is 9.59 Å². The summed E-state index contributed by atoms with van der Waals surface area (Å²) in [5.41, 5.74) is 1.59. The van der Waals surface area contributed by atoms with E-state index in [-0.39, 0.29) is 36.3 Å². The Kier molecular flexibility index (Phi) is 7.03. The lowest BCUT2D eigenvalue weighted by atomic mass is 10.1. The van der Waals surface area contributed by atoms with Crippen LogP contribution in [0.15, 0.2) is 23.6 Å². The van der Waals surface area contributed by atoms with Crippen LogP contribution in [0, 0.1) is 5.92 Å². The van der Waals surface area contributed by atoms with Gasteiger partial charge < -0.3 is 20.5 Å². The van der Waals surface area contributed by atoms with Gasteiger partial charge in [0.15, 0.2) is 5.13 Å². The summed E-state index contributed by atoms with van der Waals surface area (Å²) in [6.07, 6.45) is 0.00492. The molecular weight excluding hydrogens is 370 g/mol. The van der Waals surface area contributed by atoms with Crippen molar-refractivity contribution in [2.75, 3.05) is 17.7 Å². The number of ether oxygens (including phenoxy) is 1. The Morgan fingerprint density at radius 2 is 1.96 bits per heavy atom. The number of carboxylic acid groups (broad SMARTS) is 1. The van der Waals surface area contributed by atoms with E-state index >= 15 is 0 Å². The molecule has 0 atom stereocenters. The number of methoxy groups -OCH3 is 1. The average Bonchev–Trinajstić information content (AvgIpc) is 3.01. The minimum Gasteiger partial charge on any atom is -0.478 e. The van der Waals surface area contributed by atoms with Crippen molar-refractivity contribution in [3.63, 3.8) is 0 Å². The van der Waals surface area contributed by atoms with Gasteiger partial charge in [-0.25, -0.2) is 9.78 Å². The normalized spacial score (nSPS) is 10.7. The molecule has 0 saturated carbocycles. The molecule has 9 heteroatoms. The molecule has 0 aliphatic rings. The van der Waals surface area contributed by atoms with Crippen LogP contribution in [-0.4, -0.2) is 35.0 Å². The van der Waals surface area contributed by atoms with Crippen LogP contribution in [-0.2, 0) is 27.4 Å². The van der Waals surface area contributed by atoms with Crippen LogP contribution < -0.4 is 10.6 Å². The molecule has 3 N–H and O–H groups in total. The van der Waals surface area contributed by atoms with Crippen LogP contribution in [0.4, 0.5) is 10.8 Å². The second kappa shape index (κ2) is 9.24. The molecule has 0 bridgehead atoms. The molecule has 27 heavy (non-hydrogen) atoms. The number of hydrogen-bond acceptors (Lipinski definition) is 6. The van der Waals surface area contributed by atoms with Gasteiger partial charge in [-0.1, -0.05) is 13.8 Å². The van der Waals surface area contributed by atoms with Crippen molar-refractivity contribution >= 4 is 39.9 Å². The lowest BCUT2D eigenvalue weighted by molar-refractivity contribution is -0.119. The zero-order valence-electron chi connectivity index (χ0n) is 15.2. The van der Waals surface area contributed by atoms with E-state index in [0.717, 1.165) is 0 Å². The quantitative estimate of drug-likeness (QED) is 0.637. The van der Waals surface area contributed by atoms with Crippen LogP contribution in [0.1, 0.15) is 35.5 Å². The van der Waals surface area contributed by atoms with Crippen LogP contribution >= 0.6 is 11.3 Å². The number of rotatable bonds is 8. The summed E-state index contributed by atoms with van der Waals surface area (Å²) in [6, 6.07) is 4.53. The molecule has 0 radical (unpaired) electrons. The van der Waals surface area contributed by atoms with Crippen molar-refractivity contribution in [3.8, 4) is 0 Å². The summed E-state index contributed by atoms with van der Waals surface area (Å²) in [5, 5.41) is 16.7. The third kappa shape index (κ3) is 6.15. The number of hydrogen-bond donors (Lipinski definition) is 3. The smallest absolute Gasteiger partial charge is 0.335 e. The molecule has 0 spiro atoms. The summed E-state index contributed by atoms with van der Waals surface area (Å²) >= 11 is 1.24. The minimum atomic E-state index is -1.09. The molecule has 0 unspecified atom stereocenters. The number of anilines is 2. The first kappa shape index (κ1) is 20.5. The van der Waals surface area contributed by atoms with Gasteiger partial charge in [-0.15, -0.1) is 11.3 Å². The first-order valence-corrected chi connectivity index (χ1v) is 9.07. The lowest BCUT2D eigenvalue weighted by Gasteiger charge is -2.09. The molecular formula is C18H21N3O5S. The molecule has 1 aromatic heterocycles. The zero-order chi connectivity index (χ0) is 20.0. The van der Waals surface area contributed by atoms with E-state index in [1.807, 2.05) is 0 Å². The fourth-order valence-electron chi connectivity index (χ4n) is 2.20. The highest BCUT2D eigenvalue weighted by molar-refractivity contribution is 7.13. The van der Waals surface area contributed by atoms with Gasteiger partial charge in [-0.05, 0) is 23.8 Å². The molecule has 1 heterocycles. The molecule has 144 valence electrons. The standard InChI is InChI=1S/C18H21N3O5S/c1-10(2)16(23)21-18-20-14(9-27-18)7-15(22)19-13-5-11(8-26-3)4-12(6-13)17(24)25/h4-6,9-10H,7-8H2,1-3H3,(H,19,22)(H,24,25)(H,20,21,23). The van der Waals surface area contributed by atoms with Gasteiger partial charge in [0, 0.05) is 24.1 Å². The molecule has 1 aromatic carbocycles. The van der Waals surface area contributed by atoms with E-state index in [0.29, 0.717) is 22.1 Å². The SMILES string of the molecule is COCc1cc(NC(=O)Cc2csc(NC(=O)C(C)C)n2)cc(C(=O)O)c1. The maximum atomic E-state index is 12.3. The Labute approximate surface area is 160 Å². The van der Waals surface area contributed by atoms with Crippen molar-refractivity contribution in [1.29, 1.82) is 0 Å². The van der Waals surface area contributed by atoms with E-state index in [1.165, 1.54) is 30.6 Å². The van der Waals surface area contributed by atoms with Crippen LogP contribution in [0.5, 0.6) is 0 Å². The number of amides is 2. The number of nitrogens with one attached hydrogen (secondary N) is 2. The highest BCUT2D eigenvalue weighted by Gasteiger charge is 2.13. The Balaban J connectivity index is 2.04. The van der Waals surface area contributed by atoms with E-state index < -0.39 is 5.97 Å². The van der Waals surface area contributed by atoms with E-state index in [1.54, 1.807) is 25.3 Å². The lowest BCUT2D eigenvalue weighted by Crippen LogP contribution is -2.18. The monoisotopic (exact) mass is 391 g/mol. The number of aromatic nitrogens is 1. The largest absolute Gasteiger partial charge is 0.478 e. The third-order valence-corrected chi connectivity index (χ3v) is 4.29. The Hall–Kier alpha value is -2.78. The number of carbonyl (C=O) groups excluding carboxylic acids is 2. The average molecular weight is 391 g/mol. The molecule has 0 fully saturated rings. The summed E-state index contributed by atoms with van der Waals surface area (Å²) in [7, 11) is 1.50. The Bertz CT molecular complexity index is 847. The molecule has 0 saturated heterocycles. The third-order valence-electron chi connectivity index (χ3n) is 3.48. The molecule has 2 aromatic rings. The first-order chi connectivity index (χ1) is 12.8. The van der Waals surface area contributed by atoms with E-state index in [9.17, 15) is 19.5 Å². The fourth-order valence-corrected chi connectivity index (χ4v) is 2.92. The van der Waals surface area contributed by atoms with Gasteiger partial charge in [0.1, 0.15) is 0 Å². The van der Waals surface area contributed by atoms with Gasteiger partial charge in [0.25, 0.3) is 0 Å². The number of nitrogens with zero attached hydrogens (tertiary/aromatic N) is 1. The van der Waals surface area contributed by atoms with Crippen molar-refractivity contribution < 1.29 is 24.2 Å². The fraction of sp³-hybridized carbons (Fsp3) is 0.333. The second-order valence-electron chi connectivity index (χ2n) is 6.17. The molecule has 2 rings (SSSR count). The Morgan fingerprint density at radius 3 is 2.59 bits per heavy atom. The maximum Gasteiger partial charge on any atom is 0.335 e. The van der Waals surface area contributed by atoms with Crippen molar-refractivity contribution in [2.24, 2.45) is 5.92 Å². The highest BCUT2D eigenvalue weighted by Crippen LogP contribution is 2.19. The van der Waals surface area contributed by atoms with E-state index in [4.69, 9.17) is 4.74 Å². The van der Waals surface area contributed by atoms with Gasteiger partial charge in [-0.2, -0.15) is 0 Å². The summed E-state index contributed by atoms with van der Waals surface area (Å²) in [4.78, 5) is 39.4. The summed E-state index contributed by atoms with van der Waals surface area (Å²) < 4.78 is 5.02. The minimum absolute atomic E-state index is 0.00492. The predicted octanol–water partition coefficient (Wildman–Crippen LogP) is 2.76. The number of carbonyl (C=O) groups is 3.